The molecule has 21 heavy (non-hydrogen) atoms. The van der Waals surface area contributed by atoms with E-state index in [1.54, 1.807) is 6.20 Å². The first kappa shape index (κ1) is 16.2. The van der Waals surface area contributed by atoms with E-state index in [0.717, 1.165) is 5.69 Å². The Kier molecular flexibility index (Phi) is 4.54. The van der Waals surface area contributed by atoms with E-state index in [-0.39, 0.29) is 5.73 Å². The molecule has 1 aliphatic rings. The summed E-state index contributed by atoms with van der Waals surface area (Å²) in [6.45, 7) is 9.62. The van der Waals surface area contributed by atoms with Crippen molar-refractivity contribution in [1.82, 2.24) is 4.98 Å². The van der Waals surface area contributed by atoms with Crippen molar-refractivity contribution in [2.24, 2.45) is 0 Å². The smallest absolute Gasteiger partial charge is 0.398 e. The highest BCUT2D eigenvalue weighted by atomic mass is 19.1. The minimum absolute atomic E-state index is 0.318. The van der Waals surface area contributed by atoms with Gasteiger partial charge >= 0.3 is 7.12 Å². The molecule has 0 bridgehead atoms. The van der Waals surface area contributed by atoms with E-state index in [9.17, 15) is 4.39 Å². The van der Waals surface area contributed by atoms with Crippen LogP contribution in [-0.4, -0.2) is 23.3 Å². The fraction of sp³-hybridized carbons (Fsp3) is 0.562. The van der Waals surface area contributed by atoms with Crippen molar-refractivity contribution in [2.45, 2.75) is 58.7 Å². The maximum Gasteiger partial charge on any atom is 0.525 e. The lowest BCUT2D eigenvalue weighted by atomic mass is 9.82. The van der Waals surface area contributed by atoms with Crippen LogP contribution in [0.4, 0.5) is 4.39 Å². The zero-order chi connectivity index (χ0) is 15.7. The van der Waals surface area contributed by atoms with Crippen molar-refractivity contribution >= 4 is 7.12 Å². The van der Waals surface area contributed by atoms with E-state index in [0.29, 0.717) is 18.4 Å². The van der Waals surface area contributed by atoms with Crippen molar-refractivity contribution in [3.8, 4) is 0 Å². The van der Waals surface area contributed by atoms with Crippen LogP contribution >= 0.6 is 0 Å². The van der Waals surface area contributed by atoms with Gasteiger partial charge in [0.25, 0.3) is 0 Å². The summed E-state index contributed by atoms with van der Waals surface area (Å²) in [5.74, 6) is 0. The van der Waals surface area contributed by atoms with Crippen LogP contribution in [-0.2, 0) is 15.7 Å². The van der Waals surface area contributed by atoms with Gasteiger partial charge in [-0.25, -0.2) is 4.39 Å². The molecule has 1 aromatic rings. The Labute approximate surface area is 126 Å². The zero-order valence-electron chi connectivity index (χ0n) is 13.4. The third-order valence-corrected chi connectivity index (χ3v) is 4.35. The van der Waals surface area contributed by atoms with Gasteiger partial charge in [0.15, 0.2) is 0 Å². The van der Waals surface area contributed by atoms with Crippen LogP contribution in [0.25, 0.3) is 0 Å². The second kappa shape index (κ2) is 5.89. The molecule has 0 radical (unpaired) electrons. The van der Waals surface area contributed by atoms with Gasteiger partial charge in [-0.3, -0.25) is 4.98 Å². The summed E-state index contributed by atoms with van der Waals surface area (Å²) in [6, 6.07) is 5.65. The van der Waals surface area contributed by atoms with Gasteiger partial charge in [-0.15, -0.1) is 0 Å². The van der Waals surface area contributed by atoms with E-state index in [4.69, 9.17) is 9.31 Å². The molecular weight excluding hydrogens is 268 g/mol. The average Bonchev–Trinajstić information content (AvgIpc) is 2.65. The molecule has 2 rings (SSSR count). The maximum absolute atomic E-state index is 14.7. The molecule has 0 spiro atoms. The summed E-state index contributed by atoms with van der Waals surface area (Å²) >= 11 is 0. The summed E-state index contributed by atoms with van der Waals surface area (Å²) in [5, 5.41) is 0. The van der Waals surface area contributed by atoms with Crippen LogP contribution in [0.2, 0.25) is 0 Å². The summed E-state index contributed by atoms with van der Waals surface area (Å²) in [6.07, 6.45) is 2.80. The Morgan fingerprint density at radius 2 is 1.81 bits per heavy atom. The summed E-state index contributed by atoms with van der Waals surface area (Å²) in [5.41, 5.74) is 0.146. The second-order valence-corrected chi connectivity index (χ2v) is 6.39. The second-order valence-electron chi connectivity index (χ2n) is 6.39. The number of pyridine rings is 1. The highest BCUT2D eigenvalue weighted by molar-refractivity contribution is 6.53. The molecule has 5 heteroatoms. The first-order valence-electron chi connectivity index (χ1n) is 7.40. The lowest BCUT2D eigenvalue weighted by Crippen LogP contribution is -2.41. The first-order valence-corrected chi connectivity index (χ1v) is 7.40. The largest absolute Gasteiger partial charge is 0.525 e. The Bertz CT molecular complexity index is 512. The van der Waals surface area contributed by atoms with E-state index in [1.165, 1.54) is 0 Å². The Morgan fingerprint density at radius 3 is 2.29 bits per heavy atom. The van der Waals surface area contributed by atoms with E-state index in [2.05, 4.69) is 4.98 Å². The molecule has 0 N–H and O–H groups in total. The lowest BCUT2D eigenvalue weighted by molar-refractivity contribution is 0.00578. The first-order chi connectivity index (χ1) is 9.77. The Balaban J connectivity index is 2.21. The van der Waals surface area contributed by atoms with Crippen molar-refractivity contribution in [3.05, 3.63) is 41.4 Å². The fourth-order valence-electron chi connectivity index (χ4n) is 2.21. The van der Waals surface area contributed by atoms with Gasteiger partial charge in [0, 0.05) is 18.3 Å². The maximum atomic E-state index is 14.7. The van der Waals surface area contributed by atoms with Crippen LogP contribution in [0.3, 0.4) is 0 Å². The van der Waals surface area contributed by atoms with Gasteiger partial charge in [-0.05, 0) is 51.8 Å². The van der Waals surface area contributed by atoms with Gasteiger partial charge in [-0.1, -0.05) is 13.0 Å². The van der Waals surface area contributed by atoms with Crippen LogP contribution in [0.5, 0.6) is 0 Å². The number of nitrogens with zero attached hydrogens (tertiary/aromatic N) is 1. The highest BCUT2D eigenvalue weighted by Gasteiger charge is 2.53. The quantitative estimate of drug-likeness (QED) is 0.789. The number of allylic oxidation sites excluding steroid dienone is 1. The fourth-order valence-corrected chi connectivity index (χ4v) is 2.21. The van der Waals surface area contributed by atoms with Gasteiger partial charge < -0.3 is 9.31 Å². The number of aromatic nitrogens is 1. The molecule has 2 heterocycles. The summed E-state index contributed by atoms with van der Waals surface area (Å²) in [7, 11) is -0.923. The Morgan fingerprint density at radius 1 is 1.19 bits per heavy atom. The third-order valence-electron chi connectivity index (χ3n) is 4.35. The molecule has 1 fully saturated rings. The molecule has 0 aliphatic carbocycles. The lowest BCUT2D eigenvalue weighted by Gasteiger charge is -2.32. The summed E-state index contributed by atoms with van der Waals surface area (Å²) in [4.78, 5) is 4.25. The van der Waals surface area contributed by atoms with Gasteiger partial charge in [0.05, 0.1) is 11.2 Å². The molecule has 1 saturated heterocycles. The number of hydrogen-bond donors (Lipinski definition) is 0. The van der Waals surface area contributed by atoms with Crippen LogP contribution in [0.1, 0.15) is 46.7 Å². The zero-order valence-corrected chi connectivity index (χ0v) is 13.4. The minimum atomic E-state index is -0.923. The molecule has 0 aromatic carbocycles. The SMILES string of the molecule is CCC(Cc1ccccn1)=C(F)B1OC(C)(C)C(C)(C)O1. The average molecular weight is 291 g/mol. The summed E-state index contributed by atoms with van der Waals surface area (Å²) < 4.78 is 26.3. The predicted octanol–water partition coefficient (Wildman–Crippen LogP) is 3.89. The molecule has 0 amide bonds. The monoisotopic (exact) mass is 291 g/mol. The number of hydrogen-bond acceptors (Lipinski definition) is 3. The third kappa shape index (κ3) is 3.35. The standard InChI is InChI=1S/C16H23BFNO2/c1-6-12(11-13-9-7-8-10-19-13)14(18)17-20-15(2,3)16(4,5)21-17/h7-10H,6,11H2,1-5H3. The molecule has 0 saturated carbocycles. The van der Waals surface area contributed by atoms with Crippen LogP contribution in [0, 0.1) is 0 Å². The number of rotatable bonds is 4. The molecule has 1 aliphatic heterocycles. The van der Waals surface area contributed by atoms with Crippen LogP contribution < -0.4 is 0 Å². The van der Waals surface area contributed by atoms with Gasteiger partial charge in [-0.2, -0.15) is 0 Å². The Hall–Kier alpha value is -1.20. The van der Waals surface area contributed by atoms with Crippen molar-refractivity contribution in [1.29, 1.82) is 0 Å². The molecule has 1 aromatic heterocycles. The normalized spacial score (nSPS) is 21.3. The van der Waals surface area contributed by atoms with Gasteiger partial charge in [0.1, 0.15) is 5.73 Å². The number of halogens is 1. The topological polar surface area (TPSA) is 31.4 Å². The van der Waals surface area contributed by atoms with Crippen LogP contribution in [0.15, 0.2) is 35.7 Å². The molecule has 0 atom stereocenters. The minimum Gasteiger partial charge on any atom is -0.398 e. The van der Waals surface area contributed by atoms with Crippen molar-refractivity contribution in [2.75, 3.05) is 0 Å². The molecule has 3 nitrogen and oxygen atoms in total. The molecular formula is C16H23BFNO2. The van der Waals surface area contributed by atoms with Gasteiger partial charge in [0.2, 0.25) is 0 Å². The van der Waals surface area contributed by atoms with E-state index in [1.807, 2.05) is 52.8 Å². The highest BCUT2D eigenvalue weighted by Crippen LogP contribution is 2.39. The predicted molar refractivity (Wildman–Crippen MR) is 82.4 cm³/mol. The van der Waals surface area contributed by atoms with Crippen molar-refractivity contribution in [3.63, 3.8) is 0 Å². The van der Waals surface area contributed by atoms with E-state index < -0.39 is 18.3 Å². The van der Waals surface area contributed by atoms with E-state index >= 15 is 0 Å². The molecule has 0 unspecified atom stereocenters. The molecule has 114 valence electrons. The van der Waals surface area contributed by atoms with Crippen molar-refractivity contribution < 1.29 is 13.7 Å².